The predicted octanol–water partition coefficient (Wildman–Crippen LogP) is 6.09. The van der Waals surface area contributed by atoms with Gasteiger partial charge in [0, 0.05) is 29.3 Å². The highest BCUT2D eigenvalue weighted by Gasteiger charge is 2.32. The number of hydrazone groups is 1. The van der Waals surface area contributed by atoms with Crippen molar-refractivity contribution < 1.29 is 14.6 Å². The van der Waals surface area contributed by atoms with Gasteiger partial charge in [0.1, 0.15) is 0 Å². The van der Waals surface area contributed by atoms with Gasteiger partial charge in [-0.2, -0.15) is 10.1 Å². The summed E-state index contributed by atoms with van der Waals surface area (Å²) in [7, 11) is 0. The van der Waals surface area contributed by atoms with Crippen LogP contribution in [0.2, 0.25) is 0 Å². The SMILES string of the molecule is O=C1C(=CC(Cl)=Cc2ccc([N+](=O)[O-])cc2)SC(=S)N1N=CC(Cl)=Cc1ccc([N+](=O)[O-])cc1. The summed E-state index contributed by atoms with van der Waals surface area (Å²) in [5.74, 6) is -0.499. The third-order valence-electron chi connectivity index (χ3n) is 4.16. The first-order valence-electron chi connectivity index (χ1n) is 9.19. The van der Waals surface area contributed by atoms with Gasteiger partial charge in [-0.3, -0.25) is 25.0 Å². The van der Waals surface area contributed by atoms with Gasteiger partial charge in [0.05, 0.1) is 26.0 Å². The van der Waals surface area contributed by atoms with Crippen molar-refractivity contribution in [1.82, 2.24) is 5.01 Å². The first-order valence-corrected chi connectivity index (χ1v) is 11.2. The van der Waals surface area contributed by atoms with E-state index in [2.05, 4.69) is 5.10 Å². The van der Waals surface area contributed by atoms with Gasteiger partial charge in [-0.25, -0.2) is 0 Å². The normalized spacial score (nSPS) is 16.1. The molecule has 0 radical (unpaired) electrons. The highest BCUT2D eigenvalue weighted by molar-refractivity contribution is 8.26. The summed E-state index contributed by atoms with van der Waals surface area (Å²) in [4.78, 5) is 33.3. The van der Waals surface area contributed by atoms with Gasteiger partial charge in [-0.1, -0.05) is 35.0 Å². The smallest absolute Gasteiger partial charge is 0.266 e. The molecule has 34 heavy (non-hydrogen) atoms. The molecule has 1 heterocycles. The molecule has 1 aliphatic heterocycles. The Morgan fingerprint density at radius 3 is 1.85 bits per heavy atom. The quantitative estimate of drug-likeness (QED) is 0.138. The number of hydrogen-bond donors (Lipinski definition) is 0. The van der Waals surface area contributed by atoms with Crippen LogP contribution in [0.4, 0.5) is 11.4 Å². The van der Waals surface area contributed by atoms with E-state index in [0.29, 0.717) is 11.1 Å². The van der Waals surface area contributed by atoms with E-state index in [-0.39, 0.29) is 30.7 Å². The number of amides is 1. The Morgan fingerprint density at radius 1 is 0.912 bits per heavy atom. The molecule has 0 bridgehead atoms. The number of carbonyl (C=O) groups excluding carboxylic acids is 1. The molecule has 13 heteroatoms. The van der Waals surface area contributed by atoms with Gasteiger partial charge in [0.25, 0.3) is 17.3 Å². The van der Waals surface area contributed by atoms with Gasteiger partial charge in [0.2, 0.25) is 0 Å². The predicted molar refractivity (Wildman–Crippen MR) is 137 cm³/mol. The van der Waals surface area contributed by atoms with E-state index in [1.54, 1.807) is 6.08 Å². The van der Waals surface area contributed by atoms with Gasteiger partial charge in [0.15, 0.2) is 4.32 Å². The first kappa shape index (κ1) is 25.2. The zero-order valence-corrected chi connectivity index (χ0v) is 20.0. The number of thioether (sulfide) groups is 1. The Morgan fingerprint density at radius 2 is 1.38 bits per heavy atom. The van der Waals surface area contributed by atoms with Crippen LogP contribution in [0.5, 0.6) is 0 Å². The molecule has 2 aromatic rings. The summed E-state index contributed by atoms with van der Waals surface area (Å²) in [5.41, 5.74) is 1.12. The van der Waals surface area contributed by atoms with E-state index < -0.39 is 15.8 Å². The van der Waals surface area contributed by atoms with Crippen molar-refractivity contribution in [2.24, 2.45) is 5.10 Å². The largest absolute Gasteiger partial charge is 0.286 e. The second-order valence-electron chi connectivity index (χ2n) is 6.49. The second-order valence-corrected chi connectivity index (χ2v) is 9.04. The second kappa shape index (κ2) is 11.2. The third kappa shape index (κ3) is 6.58. The molecule has 9 nitrogen and oxygen atoms in total. The van der Waals surface area contributed by atoms with E-state index in [1.165, 1.54) is 66.9 Å². The minimum Gasteiger partial charge on any atom is -0.266 e. The van der Waals surface area contributed by atoms with E-state index in [1.807, 2.05) is 0 Å². The number of nitrogens with zero attached hydrogens (tertiary/aromatic N) is 4. The molecule has 1 fully saturated rings. The Kier molecular flexibility index (Phi) is 8.29. The number of hydrogen-bond acceptors (Lipinski definition) is 8. The van der Waals surface area contributed by atoms with E-state index in [4.69, 9.17) is 35.4 Å². The lowest BCUT2D eigenvalue weighted by Crippen LogP contribution is -2.22. The zero-order chi connectivity index (χ0) is 24.8. The average molecular weight is 535 g/mol. The molecule has 0 saturated carbocycles. The van der Waals surface area contributed by atoms with Gasteiger partial charge < -0.3 is 0 Å². The Hall–Kier alpha value is -3.38. The van der Waals surface area contributed by atoms with Gasteiger partial charge in [-0.15, -0.1) is 0 Å². The lowest BCUT2D eigenvalue weighted by Gasteiger charge is -2.05. The summed E-state index contributed by atoms with van der Waals surface area (Å²) in [5, 5.41) is 26.8. The molecule has 0 aliphatic carbocycles. The van der Waals surface area contributed by atoms with Gasteiger partial charge >= 0.3 is 0 Å². The number of allylic oxidation sites excluding steroid dienone is 3. The molecule has 0 aromatic heterocycles. The van der Waals surface area contributed by atoms with E-state index in [0.717, 1.165) is 16.8 Å². The van der Waals surface area contributed by atoms with Crippen molar-refractivity contribution in [1.29, 1.82) is 0 Å². The Bertz CT molecular complexity index is 1290. The van der Waals surface area contributed by atoms with Crippen molar-refractivity contribution in [3.05, 3.63) is 101 Å². The van der Waals surface area contributed by atoms with E-state index in [9.17, 15) is 25.0 Å². The van der Waals surface area contributed by atoms with Crippen LogP contribution in [0, 0.1) is 20.2 Å². The van der Waals surface area contributed by atoms with Crippen LogP contribution < -0.4 is 0 Å². The summed E-state index contributed by atoms with van der Waals surface area (Å²) >= 11 is 18.6. The summed E-state index contributed by atoms with van der Waals surface area (Å²) in [6.07, 6.45) is 5.72. The number of nitro groups is 2. The van der Waals surface area contributed by atoms with Gasteiger partial charge in [-0.05, 0) is 65.8 Å². The molecular weight excluding hydrogens is 523 g/mol. The number of halogens is 2. The van der Waals surface area contributed by atoms with Crippen molar-refractivity contribution >= 4 is 87.2 Å². The fraction of sp³-hybridized carbons (Fsp3) is 0. The summed E-state index contributed by atoms with van der Waals surface area (Å²) < 4.78 is 0.173. The number of rotatable bonds is 7. The van der Waals surface area contributed by atoms with Crippen LogP contribution in [0.15, 0.2) is 74.7 Å². The molecule has 1 amide bonds. The molecule has 172 valence electrons. The average Bonchev–Trinajstić information content (AvgIpc) is 3.05. The molecule has 1 aliphatic rings. The van der Waals surface area contributed by atoms with Crippen LogP contribution in [0.25, 0.3) is 12.2 Å². The lowest BCUT2D eigenvalue weighted by atomic mass is 10.2. The number of nitro benzene ring substituents is 2. The highest BCUT2D eigenvalue weighted by atomic mass is 35.5. The summed E-state index contributed by atoms with van der Waals surface area (Å²) in [6, 6.07) is 11.5. The maximum Gasteiger partial charge on any atom is 0.286 e. The first-order chi connectivity index (χ1) is 16.1. The zero-order valence-electron chi connectivity index (χ0n) is 16.8. The van der Waals surface area contributed by atoms with Crippen LogP contribution in [-0.4, -0.2) is 31.3 Å². The minimum absolute atomic E-state index is 0.0479. The number of thiocarbonyl (C=S) groups is 1. The van der Waals surface area contributed by atoms with Crippen LogP contribution in [0.3, 0.4) is 0 Å². The fourth-order valence-corrected chi connectivity index (χ4v) is 4.21. The molecule has 0 atom stereocenters. The molecule has 2 aromatic carbocycles. The molecule has 3 rings (SSSR count). The Balaban J connectivity index is 1.70. The molecule has 0 unspecified atom stereocenters. The fourth-order valence-electron chi connectivity index (χ4n) is 2.58. The molecule has 0 N–H and O–H groups in total. The minimum atomic E-state index is -0.507. The van der Waals surface area contributed by atoms with Crippen LogP contribution in [0.1, 0.15) is 11.1 Å². The number of benzene rings is 2. The molecular formula is C21H12Cl2N4O5S2. The van der Waals surface area contributed by atoms with Crippen molar-refractivity contribution in [3.8, 4) is 0 Å². The monoisotopic (exact) mass is 534 g/mol. The van der Waals surface area contributed by atoms with Crippen LogP contribution >= 0.6 is 47.2 Å². The maximum atomic E-state index is 12.6. The van der Waals surface area contributed by atoms with Crippen molar-refractivity contribution in [2.75, 3.05) is 0 Å². The molecule has 0 spiro atoms. The van der Waals surface area contributed by atoms with Crippen molar-refractivity contribution in [3.63, 3.8) is 0 Å². The van der Waals surface area contributed by atoms with Crippen molar-refractivity contribution in [2.45, 2.75) is 0 Å². The third-order valence-corrected chi connectivity index (χ3v) is 5.86. The number of non-ortho nitro benzene ring substituents is 2. The maximum absolute atomic E-state index is 12.6. The van der Waals surface area contributed by atoms with E-state index >= 15 is 0 Å². The topological polar surface area (TPSA) is 119 Å². The molecule has 1 saturated heterocycles. The van der Waals surface area contributed by atoms with Crippen LogP contribution in [-0.2, 0) is 4.79 Å². The highest BCUT2D eigenvalue weighted by Crippen LogP contribution is 2.33. The lowest BCUT2D eigenvalue weighted by molar-refractivity contribution is -0.385. The summed E-state index contributed by atoms with van der Waals surface area (Å²) in [6.45, 7) is 0. The Labute approximate surface area is 212 Å². The standard InChI is InChI=1S/C21H12Cl2N4O5S2/c22-15(9-13-1-5-17(6-2-13)26(29)30)11-19-20(28)25(21(33)34-19)24-12-16(23)10-14-3-7-18(8-4-14)27(31)32/h1-12H. The number of carbonyl (C=O) groups is 1.